The zero-order chi connectivity index (χ0) is 21.0. The fraction of sp³-hybridized carbons (Fsp3) is 0.100. The number of alkyl halides is 3. The summed E-state index contributed by atoms with van der Waals surface area (Å²) < 4.78 is 58.8. The van der Waals surface area contributed by atoms with Crippen molar-refractivity contribution in [3.63, 3.8) is 0 Å². The highest BCUT2D eigenvalue weighted by atomic mass is 19.4. The molecule has 0 aliphatic rings. The molecular formula is C20H14F4N2O3. The van der Waals surface area contributed by atoms with Crippen LogP contribution in [0.15, 0.2) is 65.3 Å². The van der Waals surface area contributed by atoms with Gasteiger partial charge in [-0.25, -0.2) is 4.39 Å². The Kier molecular flexibility index (Phi) is 5.67. The van der Waals surface area contributed by atoms with E-state index in [1.165, 1.54) is 42.7 Å². The SMILES string of the molecule is O=C(Cc1ccccc1F)Nc1ccc(NC(=O)c2ccco2)cc1C(F)(F)F. The molecule has 5 nitrogen and oxygen atoms in total. The van der Waals surface area contributed by atoms with Crippen LogP contribution in [0, 0.1) is 5.82 Å². The molecule has 1 aromatic heterocycles. The second kappa shape index (κ2) is 8.17. The lowest BCUT2D eigenvalue weighted by molar-refractivity contribution is -0.136. The van der Waals surface area contributed by atoms with Gasteiger partial charge in [-0.05, 0) is 42.0 Å². The van der Waals surface area contributed by atoms with Crippen LogP contribution in [0.1, 0.15) is 21.7 Å². The summed E-state index contributed by atoms with van der Waals surface area (Å²) in [7, 11) is 0. The monoisotopic (exact) mass is 406 g/mol. The molecule has 1 heterocycles. The highest BCUT2D eigenvalue weighted by molar-refractivity contribution is 6.02. The number of hydrogen-bond donors (Lipinski definition) is 2. The number of carbonyl (C=O) groups is 2. The number of carbonyl (C=O) groups excluding carboxylic acids is 2. The molecule has 0 saturated carbocycles. The number of hydrogen-bond acceptors (Lipinski definition) is 3. The van der Waals surface area contributed by atoms with Gasteiger partial charge in [-0.15, -0.1) is 0 Å². The highest BCUT2D eigenvalue weighted by Crippen LogP contribution is 2.36. The van der Waals surface area contributed by atoms with E-state index in [2.05, 4.69) is 10.6 Å². The van der Waals surface area contributed by atoms with E-state index in [1.54, 1.807) is 0 Å². The number of amides is 2. The van der Waals surface area contributed by atoms with E-state index in [4.69, 9.17) is 4.42 Å². The Hall–Kier alpha value is -3.62. The molecule has 0 saturated heterocycles. The number of benzene rings is 2. The lowest BCUT2D eigenvalue weighted by Gasteiger charge is -2.16. The fourth-order valence-electron chi connectivity index (χ4n) is 2.58. The minimum absolute atomic E-state index is 0.0564. The molecule has 0 bridgehead atoms. The maximum atomic E-state index is 13.6. The molecule has 0 aliphatic heterocycles. The van der Waals surface area contributed by atoms with E-state index in [1.807, 2.05) is 0 Å². The Balaban J connectivity index is 1.80. The normalized spacial score (nSPS) is 11.2. The van der Waals surface area contributed by atoms with Gasteiger partial charge in [0, 0.05) is 5.69 Å². The van der Waals surface area contributed by atoms with Gasteiger partial charge in [0.15, 0.2) is 5.76 Å². The Labute approximate surface area is 162 Å². The maximum absolute atomic E-state index is 13.6. The molecular weight excluding hydrogens is 392 g/mol. The Morgan fingerprint density at radius 3 is 2.38 bits per heavy atom. The summed E-state index contributed by atoms with van der Waals surface area (Å²) in [4.78, 5) is 24.0. The van der Waals surface area contributed by atoms with Crippen molar-refractivity contribution < 1.29 is 31.6 Å². The van der Waals surface area contributed by atoms with Crippen LogP contribution in [-0.4, -0.2) is 11.8 Å². The number of halogens is 4. The predicted octanol–water partition coefficient (Wildman–Crippen LogP) is 4.87. The molecule has 0 unspecified atom stereocenters. The quantitative estimate of drug-likeness (QED) is 0.594. The molecule has 0 radical (unpaired) electrons. The summed E-state index contributed by atoms with van der Waals surface area (Å²) in [5, 5.41) is 4.43. The van der Waals surface area contributed by atoms with Gasteiger partial charge in [0.2, 0.25) is 5.91 Å². The summed E-state index contributed by atoms with van der Waals surface area (Å²) in [5.74, 6) is -2.23. The van der Waals surface area contributed by atoms with E-state index in [0.29, 0.717) is 6.07 Å². The molecule has 0 fully saturated rings. The number of rotatable bonds is 5. The van der Waals surface area contributed by atoms with Gasteiger partial charge >= 0.3 is 6.18 Å². The van der Waals surface area contributed by atoms with Crippen molar-refractivity contribution in [3.8, 4) is 0 Å². The predicted molar refractivity (Wildman–Crippen MR) is 96.8 cm³/mol. The first-order chi connectivity index (χ1) is 13.7. The van der Waals surface area contributed by atoms with E-state index >= 15 is 0 Å². The summed E-state index contributed by atoms with van der Waals surface area (Å²) >= 11 is 0. The Bertz CT molecular complexity index is 1030. The number of furan rings is 1. The van der Waals surface area contributed by atoms with Gasteiger partial charge in [-0.1, -0.05) is 18.2 Å². The molecule has 0 spiro atoms. The van der Waals surface area contributed by atoms with E-state index < -0.39 is 41.5 Å². The van der Waals surface area contributed by atoms with Crippen LogP contribution in [0.3, 0.4) is 0 Å². The van der Waals surface area contributed by atoms with Crippen molar-refractivity contribution >= 4 is 23.2 Å². The van der Waals surface area contributed by atoms with Crippen molar-refractivity contribution in [1.29, 1.82) is 0 Å². The van der Waals surface area contributed by atoms with E-state index in [0.717, 1.165) is 12.1 Å². The zero-order valence-electron chi connectivity index (χ0n) is 14.7. The second-order valence-corrected chi connectivity index (χ2v) is 6.01. The highest BCUT2D eigenvalue weighted by Gasteiger charge is 2.34. The molecule has 150 valence electrons. The topological polar surface area (TPSA) is 71.3 Å². The third-order valence-corrected chi connectivity index (χ3v) is 3.91. The first-order valence-corrected chi connectivity index (χ1v) is 8.33. The molecule has 29 heavy (non-hydrogen) atoms. The van der Waals surface area contributed by atoms with E-state index in [9.17, 15) is 27.2 Å². The van der Waals surface area contributed by atoms with Crippen LogP contribution in [0.2, 0.25) is 0 Å². The van der Waals surface area contributed by atoms with Gasteiger partial charge < -0.3 is 15.1 Å². The van der Waals surface area contributed by atoms with Crippen molar-refractivity contribution in [2.75, 3.05) is 10.6 Å². The summed E-state index contributed by atoms with van der Waals surface area (Å²) in [5.41, 5.74) is -1.74. The average Bonchev–Trinajstić information content (AvgIpc) is 3.19. The van der Waals surface area contributed by atoms with Crippen molar-refractivity contribution in [2.24, 2.45) is 0 Å². The molecule has 2 aromatic carbocycles. The second-order valence-electron chi connectivity index (χ2n) is 6.01. The van der Waals surface area contributed by atoms with Gasteiger partial charge in [0.1, 0.15) is 5.82 Å². The van der Waals surface area contributed by atoms with Crippen LogP contribution < -0.4 is 10.6 Å². The summed E-state index contributed by atoms with van der Waals surface area (Å²) in [6.07, 6.45) is -3.97. The molecule has 0 aliphatic carbocycles. The van der Waals surface area contributed by atoms with Crippen LogP contribution in [-0.2, 0) is 17.4 Å². The fourth-order valence-corrected chi connectivity index (χ4v) is 2.58. The molecule has 0 atom stereocenters. The molecule has 3 aromatic rings. The molecule has 3 rings (SSSR count). The number of nitrogens with one attached hydrogen (secondary N) is 2. The standard InChI is InChI=1S/C20H14F4N2O3/c21-15-5-2-1-4-12(15)10-18(27)26-16-8-7-13(11-14(16)20(22,23)24)25-19(28)17-6-3-9-29-17/h1-9,11H,10H2,(H,25,28)(H,26,27). The summed E-state index contributed by atoms with van der Waals surface area (Å²) in [6.45, 7) is 0. The maximum Gasteiger partial charge on any atom is 0.418 e. The molecule has 2 N–H and O–H groups in total. The van der Waals surface area contributed by atoms with Crippen LogP contribution in [0.25, 0.3) is 0 Å². The van der Waals surface area contributed by atoms with Crippen LogP contribution in [0.4, 0.5) is 28.9 Å². The van der Waals surface area contributed by atoms with Crippen molar-refractivity contribution in [1.82, 2.24) is 0 Å². The average molecular weight is 406 g/mol. The lowest BCUT2D eigenvalue weighted by Crippen LogP contribution is -2.19. The first-order valence-electron chi connectivity index (χ1n) is 8.33. The lowest BCUT2D eigenvalue weighted by atomic mass is 10.1. The molecule has 2 amide bonds. The minimum Gasteiger partial charge on any atom is -0.459 e. The zero-order valence-corrected chi connectivity index (χ0v) is 14.7. The Morgan fingerprint density at radius 1 is 0.966 bits per heavy atom. The van der Waals surface area contributed by atoms with Crippen molar-refractivity contribution in [3.05, 3.63) is 83.6 Å². The minimum atomic E-state index is -4.80. The third kappa shape index (κ3) is 5.01. The molecule has 9 heteroatoms. The summed E-state index contributed by atoms with van der Waals surface area (Å²) in [6, 6.07) is 11.2. The van der Waals surface area contributed by atoms with Gasteiger partial charge in [0.25, 0.3) is 5.91 Å². The van der Waals surface area contributed by atoms with Crippen molar-refractivity contribution in [2.45, 2.75) is 12.6 Å². The third-order valence-electron chi connectivity index (χ3n) is 3.91. The smallest absolute Gasteiger partial charge is 0.418 e. The van der Waals surface area contributed by atoms with Gasteiger partial charge in [-0.3, -0.25) is 9.59 Å². The van der Waals surface area contributed by atoms with E-state index in [-0.39, 0.29) is 17.0 Å². The van der Waals surface area contributed by atoms with Gasteiger partial charge in [0.05, 0.1) is 23.9 Å². The van der Waals surface area contributed by atoms with Crippen LogP contribution >= 0.6 is 0 Å². The number of anilines is 2. The van der Waals surface area contributed by atoms with Crippen LogP contribution in [0.5, 0.6) is 0 Å². The Morgan fingerprint density at radius 2 is 1.72 bits per heavy atom. The van der Waals surface area contributed by atoms with Gasteiger partial charge in [-0.2, -0.15) is 13.2 Å². The first kappa shape index (κ1) is 20.1. The largest absolute Gasteiger partial charge is 0.459 e.